The fourth-order valence-electron chi connectivity index (χ4n) is 2.65. The minimum Gasteiger partial charge on any atom is -0.489 e. The monoisotopic (exact) mass is 307 g/mol. The molecule has 0 heterocycles. The average Bonchev–Trinajstić information content (AvgIpc) is 2.41. The van der Waals surface area contributed by atoms with Gasteiger partial charge in [0.25, 0.3) is 0 Å². The van der Waals surface area contributed by atoms with Crippen molar-refractivity contribution in [2.45, 2.75) is 45.1 Å². The molecular weight excluding hydrogens is 290 g/mol. The van der Waals surface area contributed by atoms with Crippen LogP contribution >= 0.6 is 15.9 Å². The van der Waals surface area contributed by atoms with E-state index in [-0.39, 0.29) is 6.10 Å². The number of ether oxygens (including phenoxy) is 1. The Morgan fingerprint density at radius 3 is 2.89 bits per heavy atom. The Kier molecular flexibility index (Phi) is 4.66. The number of hydrogen-bond acceptors (Lipinski definition) is 2. The standard InChI is InChI=1S/C15H18BrNO/c1-2-11-5-3-4-6-14(11)18-15-8-7-13(16)9-12(15)10-17/h7-9,11,14H,2-6H2,1H3. The lowest BCUT2D eigenvalue weighted by Gasteiger charge is -2.31. The smallest absolute Gasteiger partial charge is 0.137 e. The van der Waals surface area contributed by atoms with Crippen LogP contribution in [-0.4, -0.2) is 6.10 Å². The van der Waals surface area contributed by atoms with Crippen molar-refractivity contribution >= 4 is 15.9 Å². The van der Waals surface area contributed by atoms with Gasteiger partial charge in [-0.1, -0.05) is 29.3 Å². The van der Waals surface area contributed by atoms with Crippen molar-refractivity contribution in [3.8, 4) is 11.8 Å². The summed E-state index contributed by atoms with van der Waals surface area (Å²) in [6.45, 7) is 2.22. The molecule has 18 heavy (non-hydrogen) atoms. The summed E-state index contributed by atoms with van der Waals surface area (Å²) in [6.07, 6.45) is 6.34. The number of halogens is 1. The zero-order valence-corrected chi connectivity index (χ0v) is 12.2. The molecular formula is C15H18BrNO. The zero-order chi connectivity index (χ0) is 13.0. The number of rotatable bonds is 3. The van der Waals surface area contributed by atoms with Crippen molar-refractivity contribution in [3.05, 3.63) is 28.2 Å². The summed E-state index contributed by atoms with van der Waals surface area (Å²) in [6, 6.07) is 7.85. The Labute approximate surface area is 117 Å². The third-order valence-electron chi connectivity index (χ3n) is 3.70. The van der Waals surface area contributed by atoms with Crippen molar-refractivity contribution in [2.24, 2.45) is 5.92 Å². The molecule has 0 radical (unpaired) electrons. The Balaban J connectivity index is 2.15. The van der Waals surface area contributed by atoms with Crippen LogP contribution in [0.2, 0.25) is 0 Å². The molecule has 0 bridgehead atoms. The Morgan fingerprint density at radius 1 is 1.39 bits per heavy atom. The first kappa shape index (κ1) is 13.4. The Morgan fingerprint density at radius 2 is 2.17 bits per heavy atom. The van der Waals surface area contributed by atoms with Gasteiger partial charge >= 0.3 is 0 Å². The quantitative estimate of drug-likeness (QED) is 0.813. The molecule has 1 aliphatic carbocycles. The van der Waals surface area contributed by atoms with E-state index in [2.05, 4.69) is 28.9 Å². The highest BCUT2D eigenvalue weighted by Crippen LogP contribution is 2.32. The second-order valence-electron chi connectivity index (χ2n) is 4.86. The lowest BCUT2D eigenvalue weighted by atomic mass is 9.84. The van der Waals surface area contributed by atoms with Gasteiger partial charge in [-0.3, -0.25) is 0 Å². The first-order chi connectivity index (χ1) is 8.74. The summed E-state index contributed by atoms with van der Waals surface area (Å²) in [7, 11) is 0. The van der Waals surface area contributed by atoms with E-state index in [9.17, 15) is 0 Å². The van der Waals surface area contributed by atoms with Gasteiger partial charge in [0, 0.05) is 4.47 Å². The molecule has 2 atom stereocenters. The van der Waals surface area contributed by atoms with Crippen LogP contribution in [0.25, 0.3) is 0 Å². The van der Waals surface area contributed by atoms with Gasteiger partial charge in [-0.25, -0.2) is 0 Å². The first-order valence-corrected chi connectivity index (χ1v) is 7.40. The van der Waals surface area contributed by atoms with E-state index >= 15 is 0 Å². The van der Waals surface area contributed by atoms with Crippen molar-refractivity contribution in [3.63, 3.8) is 0 Å². The number of benzene rings is 1. The lowest BCUT2D eigenvalue weighted by Crippen LogP contribution is -2.30. The minimum atomic E-state index is 0.275. The SMILES string of the molecule is CCC1CCCCC1Oc1ccc(Br)cc1C#N. The fraction of sp³-hybridized carbons (Fsp3) is 0.533. The molecule has 2 rings (SSSR count). The molecule has 2 unspecified atom stereocenters. The maximum Gasteiger partial charge on any atom is 0.137 e. The maximum absolute atomic E-state index is 9.14. The van der Waals surface area contributed by atoms with Gasteiger partial charge in [-0.15, -0.1) is 0 Å². The van der Waals surface area contributed by atoms with E-state index < -0.39 is 0 Å². The predicted octanol–water partition coefficient (Wildman–Crippen LogP) is 4.67. The Bertz CT molecular complexity index is 452. The molecule has 0 aromatic heterocycles. The van der Waals surface area contributed by atoms with Crippen molar-refractivity contribution in [1.82, 2.24) is 0 Å². The summed E-state index contributed by atoms with van der Waals surface area (Å²) in [5.74, 6) is 1.36. The molecule has 2 nitrogen and oxygen atoms in total. The first-order valence-electron chi connectivity index (χ1n) is 6.61. The highest BCUT2D eigenvalue weighted by molar-refractivity contribution is 9.10. The highest BCUT2D eigenvalue weighted by atomic mass is 79.9. The molecule has 3 heteroatoms. The van der Waals surface area contributed by atoms with Crippen LogP contribution < -0.4 is 4.74 Å². The molecule has 1 saturated carbocycles. The molecule has 1 aliphatic rings. The molecule has 0 aliphatic heterocycles. The van der Waals surface area contributed by atoms with Gasteiger partial charge in [0.05, 0.1) is 5.56 Å². The second kappa shape index (κ2) is 6.24. The summed E-state index contributed by atoms with van der Waals surface area (Å²) in [5.41, 5.74) is 0.616. The van der Waals surface area contributed by atoms with Gasteiger partial charge in [-0.05, 0) is 49.8 Å². The summed E-state index contributed by atoms with van der Waals surface area (Å²) >= 11 is 3.38. The second-order valence-corrected chi connectivity index (χ2v) is 5.78. The molecule has 96 valence electrons. The lowest BCUT2D eigenvalue weighted by molar-refractivity contribution is 0.0901. The average molecular weight is 308 g/mol. The van der Waals surface area contributed by atoms with Gasteiger partial charge < -0.3 is 4.74 Å². The molecule has 0 spiro atoms. The van der Waals surface area contributed by atoms with E-state index in [1.807, 2.05) is 18.2 Å². The van der Waals surface area contributed by atoms with E-state index in [4.69, 9.17) is 10.00 Å². The Hall–Kier alpha value is -1.01. The van der Waals surface area contributed by atoms with E-state index in [1.165, 1.54) is 19.3 Å². The predicted molar refractivity (Wildman–Crippen MR) is 75.5 cm³/mol. The summed E-state index contributed by atoms with van der Waals surface area (Å²) < 4.78 is 7.01. The van der Waals surface area contributed by atoms with Gasteiger partial charge in [0.1, 0.15) is 17.9 Å². The molecule has 1 fully saturated rings. The van der Waals surface area contributed by atoms with Crippen LogP contribution in [-0.2, 0) is 0 Å². The largest absolute Gasteiger partial charge is 0.489 e. The van der Waals surface area contributed by atoms with Crippen LogP contribution in [0.5, 0.6) is 5.75 Å². The molecule has 1 aromatic carbocycles. The normalized spacial score (nSPS) is 23.4. The van der Waals surface area contributed by atoms with Gasteiger partial charge in [0.2, 0.25) is 0 Å². The summed E-state index contributed by atoms with van der Waals surface area (Å²) in [4.78, 5) is 0. The van der Waals surface area contributed by atoms with E-state index in [0.29, 0.717) is 11.5 Å². The number of hydrogen-bond donors (Lipinski definition) is 0. The third kappa shape index (κ3) is 3.05. The number of nitriles is 1. The number of nitrogens with zero attached hydrogens (tertiary/aromatic N) is 1. The maximum atomic E-state index is 9.14. The van der Waals surface area contributed by atoms with E-state index in [0.717, 1.165) is 23.1 Å². The van der Waals surface area contributed by atoms with Crippen LogP contribution in [0, 0.1) is 17.2 Å². The van der Waals surface area contributed by atoms with Gasteiger partial charge in [-0.2, -0.15) is 5.26 Å². The van der Waals surface area contributed by atoms with Crippen LogP contribution in [0.3, 0.4) is 0 Å². The molecule has 0 amide bonds. The van der Waals surface area contributed by atoms with Crippen LogP contribution in [0.1, 0.15) is 44.6 Å². The molecule has 0 N–H and O–H groups in total. The van der Waals surface area contributed by atoms with E-state index in [1.54, 1.807) is 0 Å². The topological polar surface area (TPSA) is 33.0 Å². The van der Waals surface area contributed by atoms with Crippen molar-refractivity contribution < 1.29 is 4.74 Å². The minimum absolute atomic E-state index is 0.275. The summed E-state index contributed by atoms with van der Waals surface area (Å²) in [5, 5.41) is 9.14. The van der Waals surface area contributed by atoms with Crippen molar-refractivity contribution in [1.29, 1.82) is 5.26 Å². The molecule has 1 aromatic rings. The van der Waals surface area contributed by atoms with Crippen LogP contribution in [0.15, 0.2) is 22.7 Å². The zero-order valence-electron chi connectivity index (χ0n) is 10.7. The fourth-order valence-corrected chi connectivity index (χ4v) is 3.01. The highest BCUT2D eigenvalue weighted by Gasteiger charge is 2.25. The van der Waals surface area contributed by atoms with Crippen molar-refractivity contribution in [2.75, 3.05) is 0 Å². The van der Waals surface area contributed by atoms with Gasteiger partial charge in [0.15, 0.2) is 0 Å². The molecule has 0 saturated heterocycles. The van der Waals surface area contributed by atoms with Crippen LogP contribution in [0.4, 0.5) is 0 Å². The third-order valence-corrected chi connectivity index (χ3v) is 4.20.